The summed E-state index contributed by atoms with van der Waals surface area (Å²) in [6.45, 7) is 12.5. The summed E-state index contributed by atoms with van der Waals surface area (Å²) in [6.07, 6.45) is 0. The molecule has 1 aromatic carbocycles. The van der Waals surface area contributed by atoms with E-state index in [1.54, 1.807) is 0 Å². The van der Waals surface area contributed by atoms with Gasteiger partial charge in [0.1, 0.15) is 12.4 Å². The molecule has 0 aromatic heterocycles. The summed E-state index contributed by atoms with van der Waals surface area (Å²) in [5.74, 6) is 0.963. The van der Waals surface area contributed by atoms with Crippen molar-refractivity contribution < 1.29 is 9.53 Å². The predicted octanol–water partition coefficient (Wildman–Crippen LogP) is 3.90. The van der Waals surface area contributed by atoms with Gasteiger partial charge in [-0.2, -0.15) is 0 Å². The monoisotopic (exact) mass is 248 g/mol. The molecule has 0 spiro atoms. The van der Waals surface area contributed by atoms with E-state index in [1.807, 2.05) is 26.8 Å². The summed E-state index contributed by atoms with van der Waals surface area (Å²) in [5, 5.41) is 0. The second-order valence-corrected chi connectivity index (χ2v) is 6.14. The molecule has 100 valence electrons. The van der Waals surface area contributed by atoms with Gasteiger partial charge in [-0.05, 0) is 29.5 Å². The number of carbonyl (C=O) groups is 1. The van der Waals surface area contributed by atoms with Gasteiger partial charge in [-0.1, -0.05) is 46.8 Å². The molecular formula is C16H24O2. The summed E-state index contributed by atoms with van der Waals surface area (Å²) in [4.78, 5) is 11.5. The summed E-state index contributed by atoms with van der Waals surface area (Å²) in [5.41, 5.74) is 2.50. The van der Waals surface area contributed by atoms with Crippen molar-refractivity contribution in [2.45, 2.75) is 47.0 Å². The van der Waals surface area contributed by atoms with Crippen LogP contribution in [0.4, 0.5) is 0 Å². The van der Waals surface area contributed by atoms with E-state index < -0.39 is 0 Å². The normalized spacial score (nSPS) is 11.7. The van der Waals surface area contributed by atoms with Crippen LogP contribution in [-0.2, 0) is 10.2 Å². The largest absolute Gasteiger partial charge is 0.486 e. The fraction of sp³-hybridized carbons (Fsp3) is 0.562. The van der Waals surface area contributed by atoms with Crippen LogP contribution in [0.15, 0.2) is 18.2 Å². The van der Waals surface area contributed by atoms with Gasteiger partial charge in [-0.15, -0.1) is 0 Å². The van der Waals surface area contributed by atoms with E-state index in [4.69, 9.17) is 4.74 Å². The third kappa shape index (κ3) is 3.86. The molecule has 1 aromatic rings. The van der Waals surface area contributed by atoms with Gasteiger partial charge in [-0.3, -0.25) is 4.79 Å². The standard InChI is InChI=1S/C16H24O2/c1-11(2)14(17)10-18-15-8-7-13(9-12(15)3)16(4,5)6/h7-9,11H,10H2,1-6H3. The fourth-order valence-corrected chi connectivity index (χ4v) is 1.59. The first-order valence-electron chi connectivity index (χ1n) is 6.48. The van der Waals surface area contributed by atoms with Crippen molar-refractivity contribution in [1.82, 2.24) is 0 Å². The van der Waals surface area contributed by atoms with Gasteiger partial charge in [0.25, 0.3) is 0 Å². The molecule has 0 fully saturated rings. The summed E-state index contributed by atoms with van der Waals surface area (Å²) in [7, 11) is 0. The third-order valence-electron chi connectivity index (χ3n) is 3.05. The number of benzene rings is 1. The zero-order valence-electron chi connectivity index (χ0n) is 12.3. The minimum Gasteiger partial charge on any atom is -0.486 e. The Hall–Kier alpha value is -1.31. The minimum absolute atomic E-state index is 0.0270. The number of rotatable bonds is 4. The molecule has 0 bridgehead atoms. The summed E-state index contributed by atoms with van der Waals surface area (Å²) >= 11 is 0. The molecule has 0 heterocycles. The van der Waals surface area contributed by atoms with Crippen molar-refractivity contribution in [3.05, 3.63) is 29.3 Å². The topological polar surface area (TPSA) is 26.3 Å². The quantitative estimate of drug-likeness (QED) is 0.808. The van der Waals surface area contributed by atoms with Crippen molar-refractivity contribution in [3.63, 3.8) is 0 Å². The van der Waals surface area contributed by atoms with Crippen LogP contribution < -0.4 is 4.74 Å². The highest BCUT2D eigenvalue weighted by molar-refractivity contribution is 5.81. The van der Waals surface area contributed by atoms with Crippen molar-refractivity contribution in [2.24, 2.45) is 5.92 Å². The Kier molecular flexibility index (Phi) is 4.55. The smallest absolute Gasteiger partial charge is 0.172 e. The molecule has 18 heavy (non-hydrogen) atoms. The number of Topliss-reactive ketones (excluding diaryl/α,β-unsaturated/α-hetero) is 1. The Morgan fingerprint density at radius 1 is 1.28 bits per heavy atom. The van der Waals surface area contributed by atoms with E-state index in [0.717, 1.165) is 11.3 Å². The van der Waals surface area contributed by atoms with Gasteiger partial charge in [0.2, 0.25) is 0 Å². The zero-order chi connectivity index (χ0) is 13.9. The van der Waals surface area contributed by atoms with Gasteiger partial charge in [0, 0.05) is 5.92 Å². The van der Waals surface area contributed by atoms with Crippen LogP contribution in [0.1, 0.15) is 45.7 Å². The number of hydrogen-bond acceptors (Lipinski definition) is 2. The van der Waals surface area contributed by atoms with E-state index in [-0.39, 0.29) is 23.7 Å². The molecule has 0 N–H and O–H groups in total. The lowest BCUT2D eigenvalue weighted by Gasteiger charge is -2.20. The van der Waals surface area contributed by atoms with Crippen LogP contribution in [0.25, 0.3) is 0 Å². The fourth-order valence-electron chi connectivity index (χ4n) is 1.59. The van der Waals surface area contributed by atoms with Gasteiger partial charge in [0.15, 0.2) is 5.78 Å². The number of carbonyl (C=O) groups excluding carboxylic acids is 1. The van der Waals surface area contributed by atoms with Gasteiger partial charge in [0.05, 0.1) is 0 Å². The lowest BCUT2D eigenvalue weighted by molar-refractivity contribution is -0.123. The Morgan fingerprint density at radius 3 is 2.33 bits per heavy atom. The van der Waals surface area contributed by atoms with E-state index in [9.17, 15) is 4.79 Å². The van der Waals surface area contributed by atoms with Crippen molar-refractivity contribution in [2.75, 3.05) is 6.61 Å². The number of ether oxygens (including phenoxy) is 1. The molecule has 0 radical (unpaired) electrons. The summed E-state index contributed by atoms with van der Waals surface area (Å²) < 4.78 is 5.58. The lowest BCUT2D eigenvalue weighted by Crippen LogP contribution is -2.17. The van der Waals surface area contributed by atoms with E-state index in [2.05, 4.69) is 32.9 Å². The maximum Gasteiger partial charge on any atom is 0.172 e. The highest BCUT2D eigenvalue weighted by Gasteiger charge is 2.15. The van der Waals surface area contributed by atoms with Crippen LogP contribution in [0.5, 0.6) is 5.75 Å². The second kappa shape index (κ2) is 5.55. The molecule has 0 aliphatic heterocycles. The molecule has 0 amide bonds. The minimum atomic E-state index is 0.0270. The Bertz CT molecular complexity index is 425. The van der Waals surface area contributed by atoms with Crippen molar-refractivity contribution in [3.8, 4) is 5.75 Å². The SMILES string of the molecule is Cc1cc(C(C)(C)C)ccc1OCC(=O)C(C)C. The van der Waals surface area contributed by atoms with E-state index in [1.165, 1.54) is 5.56 Å². The zero-order valence-corrected chi connectivity index (χ0v) is 12.3. The maximum absolute atomic E-state index is 11.5. The van der Waals surface area contributed by atoms with Gasteiger partial charge < -0.3 is 4.74 Å². The van der Waals surface area contributed by atoms with Crippen LogP contribution in [0.3, 0.4) is 0 Å². The lowest BCUT2D eigenvalue weighted by atomic mass is 9.86. The van der Waals surface area contributed by atoms with Crippen molar-refractivity contribution in [1.29, 1.82) is 0 Å². The molecule has 1 rings (SSSR count). The molecule has 2 nitrogen and oxygen atoms in total. The van der Waals surface area contributed by atoms with E-state index >= 15 is 0 Å². The molecule has 0 unspecified atom stereocenters. The highest BCUT2D eigenvalue weighted by atomic mass is 16.5. The molecule has 0 saturated heterocycles. The van der Waals surface area contributed by atoms with Crippen LogP contribution in [-0.4, -0.2) is 12.4 Å². The Morgan fingerprint density at radius 2 is 1.89 bits per heavy atom. The number of ketones is 1. The number of hydrogen-bond donors (Lipinski definition) is 0. The molecule has 0 aliphatic carbocycles. The predicted molar refractivity (Wildman–Crippen MR) is 75.2 cm³/mol. The molecule has 2 heteroatoms. The molecular weight excluding hydrogens is 224 g/mol. The number of aryl methyl sites for hydroxylation is 1. The average molecular weight is 248 g/mol. The summed E-state index contributed by atoms with van der Waals surface area (Å²) in [6, 6.07) is 6.17. The first kappa shape index (κ1) is 14.7. The third-order valence-corrected chi connectivity index (χ3v) is 3.05. The Balaban J connectivity index is 2.78. The van der Waals surface area contributed by atoms with Gasteiger partial charge >= 0.3 is 0 Å². The first-order valence-corrected chi connectivity index (χ1v) is 6.48. The van der Waals surface area contributed by atoms with Crippen LogP contribution >= 0.6 is 0 Å². The van der Waals surface area contributed by atoms with E-state index in [0.29, 0.717) is 0 Å². The maximum atomic E-state index is 11.5. The Labute approximate surface area is 110 Å². The van der Waals surface area contributed by atoms with Gasteiger partial charge in [-0.25, -0.2) is 0 Å². The molecule has 0 saturated carbocycles. The molecule has 0 atom stereocenters. The molecule has 0 aliphatic rings. The van der Waals surface area contributed by atoms with Crippen molar-refractivity contribution >= 4 is 5.78 Å². The van der Waals surface area contributed by atoms with Crippen LogP contribution in [0.2, 0.25) is 0 Å². The second-order valence-electron chi connectivity index (χ2n) is 6.14. The average Bonchev–Trinajstić information content (AvgIpc) is 2.25. The van der Waals surface area contributed by atoms with Crippen LogP contribution in [0, 0.1) is 12.8 Å². The highest BCUT2D eigenvalue weighted by Crippen LogP contribution is 2.27. The first-order chi connectivity index (χ1) is 8.21.